The van der Waals surface area contributed by atoms with Crippen LogP contribution in [0.15, 0.2) is 66.9 Å². The van der Waals surface area contributed by atoms with Gasteiger partial charge in [-0.1, -0.05) is 30.3 Å². The van der Waals surface area contributed by atoms with Crippen molar-refractivity contribution in [3.05, 3.63) is 83.6 Å². The predicted octanol–water partition coefficient (Wildman–Crippen LogP) is 6.08. The molecule has 9 heteroatoms. The minimum atomic E-state index is -4.96. The molecular weight excluding hydrogens is 473 g/mol. The third-order valence-electron chi connectivity index (χ3n) is 6.21. The molecule has 184 valence electrons. The van der Waals surface area contributed by atoms with Crippen molar-refractivity contribution in [1.29, 1.82) is 0 Å². The molecule has 0 saturated carbocycles. The summed E-state index contributed by atoms with van der Waals surface area (Å²) in [5, 5.41) is 11.1. The van der Waals surface area contributed by atoms with Crippen LogP contribution in [0.1, 0.15) is 29.2 Å². The van der Waals surface area contributed by atoms with E-state index in [-0.39, 0.29) is 11.3 Å². The summed E-state index contributed by atoms with van der Waals surface area (Å²) in [4.78, 5) is 15.5. The number of aromatic nitrogens is 1. The fraction of sp³-hybridized carbons (Fsp3) is 0.185. The van der Waals surface area contributed by atoms with Crippen LogP contribution in [0.4, 0.5) is 19.0 Å². The van der Waals surface area contributed by atoms with E-state index in [4.69, 9.17) is 10.5 Å². The Bertz CT molecular complexity index is 1470. The maximum atomic E-state index is 12.9. The number of halogens is 3. The summed E-state index contributed by atoms with van der Waals surface area (Å²) in [6.07, 6.45) is -3.11. The van der Waals surface area contributed by atoms with Gasteiger partial charge in [0, 0.05) is 17.1 Å². The summed E-state index contributed by atoms with van der Waals surface area (Å²) >= 11 is 0. The van der Waals surface area contributed by atoms with E-state index >= 15 is 0 Å². The molecule has 0 bridgehead atoms. The van der Waals surface area contributed by atoms with Crippen LogP contribution >= 0.6 is 0 Å². The highest BCUT2D eigenvalue weighted by atomic mass is 19.4. The highest BCUT2D eigenvalue weighted by Crippen LogP contribution is 2.41. The number of benzene rings is 3. The molecule has 1 heterocycles. The van der Waals surface area contributed by atoms with Gasteiger partial charge < -0.3 is 20.3 Å². The summed E-state index contributed by atoms with van der Waals surface area (Å²) in [7, 11) is 0. The maximum Gasteiger partial charge on any atom is 0.573 e. The van der Waals surface area contributed by atoms with Gasteiger partial charge in [-0.05, 0) is 70.8 Å². The number of hydrogen-bond donors (Lipinski definition) is 2. The second-order valence-corrected chi connectivity index (χ2v) is 8.54. The zero-order valence-electron chi connectivity index (χ0n) is 18.9. The molecule has 1 aliphatic rings. The monoisotopic (exact) mass is 494 g/mol. The van der Waals surface area contributed by atoms with Gasteiger partial charge in [0.1, 0.15) is 23.4 Å². The Morgan fingerprint density at radius 3 is 2.58 bits per heavy atom. The van der Waals surface area contributed by atoms with Crippen LogP contribution in [0.3, 0.4) is 0 Å². The number of nitrogens with zero attached hydrogens (tertiary/aromatic N) is 1. The molecule has 6 nitrogen and oxygen atoms in total. The number of rotatable bonds is 6. The Hall–Kier alpha value is -4.27. The second kappa shape index (κ2) is 9.07. The molecule has 3 N–H and O–H groups in total. The van der Waals surface area contributed by atoms with Crippen molar-refractivity contribution in [2.45, 2.75) is 31.7 Å². The molecule has 4 aromatic rings. The lowest BCUT2D eigenvalue weighted by Gasteiger charge is -2.20. The second-order valence-electron chi connectivity index (χ2n) is 8.54. The molecule has 1 atom stereocenters. The number of anilines is 1. The van der Waals surface area contributed by atoms with E-state index in [1.54, 1.807) is 6.20 Å². The SMILES string of the molecule is Nc1nccc2ccc(-c3ccc4c(c3)C(Oc3cccc(OC(F)(F)F)c3CC(=O)O)CC4)cc12. The molecule has 36 heavy (non-hydrogen) atoms. The van der Waals surface area contributed by atoms with E-state index in [0.29, 0.717) is 12.2 Å². The average molecular weight is 494 g/mol. The third-order valence-corrected chi connectivity index (χ3v) is 6.21. The van der Waals surface area contributed by atoms with Crippen molar-refractivity contribution in [2.24, 2.45) is 0 Å². The quantitative estimate of drug-likeness (QED) is 0.338. The first-order chi connectivity index (χ1) is 17.2. The van der Waals surface area contributed by atoms with Crippen LogP contribution in [0.5, 0.6) is 11.5 Å². The van der Waals surface area contributed by atoms with Gasteiger partial charge in [-0.25, -0.2) is 4.98 Å². The first-order valence-electron chi connectivity index (χ1n) is 11.2. The summed E-state index contributed by atoms with van der Waals surface area (Å²) in [5.41, 5.74) is 9.70. The number of nitrogens with two attached hydrogens (primary N) is 1. The zero-order chi connectivity index (χ0) is 25.4. The van der Waals surface area contributed by atoms with Gasteiger partial charge in [-0.15, -0.1) is 13.2 Å². The molecule has 0 fully saturated rings. The smallest absolute Gasteiger partial charge is 0.485 e. The Kier molecular flexibility index (Phi) is 5.91. The van der Waals surface area contributed by atoms with Crippen molar-refractivity contribution in [2.75, 3.05) is 5.73 Å². The summed E-state index contributed by atoms with van der Waals surface area (Å²) in [6.45, 7) is 0. The number of ether oxygens (including phenoxy) is 2. The molecule has 1 unspecified atom stereocenters. The number of alkyl halides is 3. The maximum absolute atomic E-state index is 12.9. The van der Waals surface area contributed by atoms with E-state index in [2.05, 4.69) is 9.72 Å². The number of carbonyl (C=O) groups is 1. The van der Waals surface area contributed by atoms with Crippen molar-refractivity contribution in [1.82, 2.24) is 4.98 Å². The summed E-state index contributed by atoms with van der Waals surface area (Å²) in [5.74, 6) is -1.40. The lowest BCUT2D eigenvalue weighted by Crippen LogP contribution is -2.19. The lowest BCUT2D eigenvalue weighted by molar-refractivity contribution is -0.275. The van der Waals surface area contributed by atoms with Crippen molar-refractivity contribution in [3.63, 3.8) is 0 Å². The van der Waals surface area contributed by atoms with Crippen LogP contribution in [-0.2, 0) is 17.6 Å². The van der Waals surface area contributed by atoms with Crippen LogP contribution in [0.2, 0.25) is 0 Å². The molecule has 1 aromatic heterocycles. The molecule has 0 amide bonds. The standard InChI is InChI=1S/C27H21F3N2O4/c28-27(29,30)36-24-3-1-2-22(21(24)14-25(33)34)35-23-9-8-15-4-6-17(12-19(15)23)18-7-5-16-10-11-32-26(31)20(16)13-18/h1-7,10-13,23H,8-9,14H2,(H2,31,32)(H,33,34). The van der Waals surface area contributed by atoms with Crippen molar-refractivity contribution in [3.8, 4) is 22.6 Å². The lowest BCUT2D eigenvalue weighted by atomic mass is 9.98. The van der Waals surface area contributed by atoms with Crippen LogP contribution in [-0.4, -0.2) is 22.4 Å². The number of aryl methyl sites for hydroxylation is 1. The number of carboxylic acid groups (broad SMARTS) is 1. The molecule has 5 rings (SSSR count). The van der Waals surface area contributed by atoms with Gasteiger partial charge in [0.05, 0.1) is 6.42 Å². The topological polar surface area (TPSA) is 94.7 Å². The predicted molar refractivity (Wildman–Crippen MR) is 128 cm³/mol. The van der Waals surface area contributed by atoms with E-state index in [1.807, 2.05) is 42.5 Å². The average Bonchev–Trinajstić information content (AvgIpc) is 3.22. The molecule has 0 radical (unpaired) electrons. The molecule has 1 aliphatic carbocycles. The number of hydrogen-bond acceptors (Lipinski definition) is 5. The van der Waals surface area contributed by atoms with E-state index in [1.165, 1.54) is 12.1 Å². The highest BCUT2D eigenvalue weighted by molar-refractivity contribution is 5.94. The Labute approximate surface area is 204 Å². The van der Waals surface area contributed by atoms with Gasteiger partial charge >= 0.3 is 12.3 Å². The minimum absolute atomic E-state index is 0.0481. The molecule has 3 aromatic carbocycles. The van der Waals surface area contributed by atoms with Crippen LogP contribution in [0.25, 0.3) is 21.9 Å². The van der Waals surface area contributed by atoms with Crippen molar-refractivity contribution >= 4 is 22.6 Å². The number of nitrogen functional groups attached to an aromatic ring is 1. The number of fused-ring (bicyclic) bond motifs is 2. The summed E-state index contributed by atoms with van der Waals surface area (Å²) in [6, 6.07) is 17.7. The van der Waals surface area contributed by atoms with Gasteiger partial charge in [0.25, 0.3) is 0 Å². The fourth-order valence-corrected chi connectivity index (χ4v) is 4.59. The normalized spacial score (nSPS) is 15.0. The van der Waals surface area contributed by atoms with Crippen molar-refractivity contribution < 1.29 is 32.5 Å². The van der Waals surface area contributed by atoms with Crippen LogP contribution in [0, 0.1) is 0 Å². The highest BCUT2D eigenvalue weighted by Gasteiger charge is 2.33. The largest absolute Gasteiger partial charge is 0.573 e. The minimum Gasteiger partial charge on any atom is -0.485 e. The van der Waals surface area contributed by atoms with E-state index in [9.17, 15) is 23.1 Å². The Balaban J connectivity index is 1.49. The number of carboxylic acids is 1. The van der Waals surface area contributed by atoms with Crippen LogP contribution < -0.4 is 15.2 Å². The Morgan fingerprint density at radius 1 is 1.06 bits per heavy atom. The van der Waals surface area contributed by atoms with Gasteiger partial charge in [0.2, 0.25) is 0 Å². The first kappa shape index (κ1) is 23.5. The van der Waals surface area contributed by atoms with Gasteiger partial charge in [0.15, 0.2) is 0 Å². The van der Waals surface area contributed by atoms with Gasteiger partial charge in [-0.3, -0.25) is 4.79 Å². The number of aliphatic carboxylic acids is 1. The number of pyridine rings is 1. The first-order valence-corrected chi connectivity index (χ1v) is 11.2. The third kappa shape index (κ3) is 4.77. The Morgan fingerprint density at radius 2 is 1.81 bits per heavy atom. The van der Waals surface area contributed by atoms with E-state index in [0.717, 1.165) is 45.5 Å². The molecule has 0 aliphatic heterocycles. The van der Waals surface area contributed by atoms with Gasteiger partial charge in [-0.2, -0.15) is 0 Å². The molecule has 0 saturated heterocycles. The molecule has 0 spiro atoms. The molecular formula is C27H21F3N2O4. The fourth-order valence-electron chi connectivity index (χ4n) is 4.59. The van der Waals surface area contributed by atoms with E-state index < -0.39 is 30.6 Å². The summed E-state index contributed by atoms with van der Waals surface area (Å²) < 4.78 is 48.9. The zero-order valence-corrected chi connectivity index (χ0v) is 18.9.